The molecule has 1 fully saturated rings. The van der Waals surface area contributed by atoms with E-state index in [1.165, 1.54) is 51.4 Å². The quantitative estimate of drug-likeness (QED) is 0.478. The maximum Gasteiger partial charge on any atom is 0.119 e. The standard InChI is InChI=1S/C12H22O/c13-11-7-6-10-12-8-4-2-1-3-5-9-12/h11-12H,1-10H2. The molecular formula is C12H22O. The van der Waals surface area contributed by atoms with E-state index in [0.717, 1.165) is 25.0 Å². The average molecular weight is 182 g/mol. The number of rotatable bonds is 4. The van der Waals surface area contributed by atoms with E-state index in [1.807, 2.05) is 0 Å². The Hall–Kier alpha value is -0.330. The molecule has 1 aliphatic rings. The van der Waals surface area contributed by atoms with Crippen molar-refractivity contribution in [3.05, 3.63) is 0 Å². The lowest BCUT2D eigenvalue weighted by molar-refractivity contribution is -0.108. The molecule has 0 heterocycles. The lowest BCUT2D eigenvalue weighted by Gasteiger charge is -2.18. The zero-order valence-electron chi connectivity index (χ0n) is 8.63. The summed E-state index contributed by atoms with van der Waals surface area (Å²) in [7, 11) is 0. The zero-order valence-corrected chi connectivity index (χ0v) is 8.63. The zero-order chi connectivity index (χ0) is 9.36. The largest absolute Gasteiger partial charge is 0.303 e. The Balaban J connectivity index is 2.10. The Bertz CT molecular complexity index is 123. The summed E-state index contributed by atoms with van der Waals surface area (Å²) in [4.78, 5) is 10.2. The first-order chi connectivity index (χ1) is 6.43. The Morgan fingerprint density at radius 1 is 1.00 bits per heavy atom. The van der Waals surface area contributed by atoms with Gasteiger partial charge in [-0.05, 0) is 12.3 Å². The van der Waals surface area contributed by atoms with Crippen molar-refractivity contribution < 1.29 is 4.79 Å². The minimum atomic E-state index is 0.774. The fourth-order valence-electron chi connectivity index (χ4n) is 2.32. The fraction of sp³-hybridized carbons (Fsp3) is 0.917. The molecule has 0 atom stereocenters. The molecule has 0 aromatic carbocycles. The first-order valence-corrected chi connectivity index (χ1v) is 5.87. The van der Waals surface area contributed by atoms with Gasteiger partial charge in [-0.2, -0.15) is 0 Å². The van der Waals surface area contributed by atoms with Crippen LogP contribution in [0.25, 0.3) is 0 Å². The van der Waals surface area contributed by atoms with E-state index in [9.17, 15) is 4.79 Å². The van der Waals surface area contributed by atoms with Crippen LogP contribution < -0.4 is 0 Å². The molecule has 0 aromatic heterocycles. The molecule has 76 valence electrons. The second kappa shape index (κ2) is 7.11. The van der Waals surface area contributed by atoms with Crippen LogP contribution >= 0.6 is 0 Å². The van der Waals surface area contributed by atoms with Crippen LogP contribution in [0.3, 0.4) is 0 Å². The predicted octanol–water partition coefficient (Wildman–Crippen LogP) is 3.72. The van der Waals surface area contributed by atoms with Gasteiger partial charge in [0.05, 0.1) is 0 Å². The van der Waals surface area contributed by atoms with E-state index >= 15 is 0 Å². The minimum absolute atomic E-state index is 0.774. The van der Waals surface area contributed by atoms with Gasteiger partial charge in [0.1, 0.15) is 6.29 Å². The average Bonchev–Trinajstić information content (AvgIpc) is 2.08. The molecule has 1 saturated carbocycles. The topological polar surface area (TPSA) is 17.1 Å². The summed E-state index contributed by atoms with van der Waals surface area (Å²) in [5, 5.41) is 0. The molecule has 0 bridgehead atoms. The molecule has 0 aromatic rings. The maximum absolute atomic E-state index is 10.2. The highest BCUT2D eigenvalue weighted by Gasteiger charge is 2.10. The third-order valence-electron chi connectivity index (χ3n) is 3.16. The monoisotopic (exact) mass is 182 g/mol. The molecule has 0 spiro atoms. The smallest absolute Gasteiger partial charge is 0.119 e. The lowest BCUT2D eigenvalue weighted by atomic mass is 9.88. The first-order valence-electron chi connectivity index (χ1n) is 5.87. The van der Waals surface area contributed by atoms with Crippen LogP contribution in [0.1, 0.15) is 64.2 Å². The summed E-state index contributed by atoms with van der Waals surface area (Å²) < 4.78 is 0. The highest BCUT2D eigenvalue weighted by Crippen LogP contribution is 2.25. The molecule has 1 heteroatoms. The summed E-state index contributed by atoms with van der Waals surface area (Å²) >= 11 is 0. The SMILES string of the molecule is O=CCCCC1CCCCCCC1. The van der Waals surface area contributed by atoms with Crippen molar-refractivity contribution in [3.63, 3.8) is 0 Å². The lowest BCUT2D eigenvalue weighted by Crippen LogP contribution is -2.03. The van der Waals surface area contributed by atoms with Crippen molar-refractivity contribution in [2.24, 2.45) is 5.92 Å². The van der Waals surface area contributed by atoms with E-state index in [4.69, 9.17) is 0 Å². The van der Waals surface area contributed by atoms with Gasteiger partial charge >= 0.3 is 0 Å². The molecule has 0 N–H and O–H groups in total. The van der Waals surface area contributed by atoms with Gasteiger partial charge in [-0.15, -0.1) is 0 Å². The van der Waals surface area contributed by atoms with Crippen molar-refractivity contribution in [1.29, 1.82) is 0 Å². The molecule has 0 aliphatic heterocycles. The van der Waals surface area contributed by atoms with Crippen molar-refractivity contribution in [2.45, 2.75) is 64.2 Å². The fourth-order valence-corrected chi connectivity index (χ4v) is 2.32. The molecular weight excluding hydrogens is 160 g/mol. The van der Waals surface area contributed by atoms with E-state index < -0.39 is 0 Å². The van der Waals surface area contributed by atoms with Gasteiger partial charge in [0.2, 0.25) is 0 Å². The van der Waals surface area contributed by atoms with Gasteiger partial charge in [0.15, 0.2) is 0 Å². The second-order valence-corrected chi connectivity index (χ2v) is 4.31. The van der Waals surface area contributed by atoms with Crippen LogP contribution in [0.4, 0.5) is 0 Å². The highest BCUT2D eigenvalue weighted by atomic mass is 16.1. The van der Waals surface area contributed by atoms with Crippen molar-refractivity contribution in [3.8, 4) is 0 Å². The molecule has 0 amide bonds. The van der Waals surface area contributed by atoms with Crippen molar-refractivity contribution >= 4 is 6.29 Å². The van der Waals surface area contributed by atoms with Gasteiger partial charge in [-0.1, -0.05) is 51.4 Å². The highest BCUT2D eigenvalue weighted by molar-refractivity contribution is 5.48. The molecule has 0 radical (unpaired) electrons. The molecule has 1 aliphatic carbocycles. The summed E-state index contributed by atoms with van der Waals surface area (Å²) in [5.41, 5.74) is 0. The Morgan fingerprint density at radius 3 is 2.23 bits per heavy atom. The summed E-state index contributed by atoms with van der Waals surface area (Å²) in [6.45, 7) is 0. The van der Waals surface area contributed by atoms with Gasteiger partial charge in [-0.25, -0.2) is 0 Å². The van der Waals surface area contributed by atoms with E-state index in [1.54, 1.807) is 0 Å². The predicted molar refractivity (Wildman–Crippen MR) is 55.7 cm³/mol. The van der Waals surface area contributed by atoms with E-state index in [0.29, 0.717) is 0 Å². The first kappa shape index (κ1) is 10.7. The number of aldehydes is 1. The van der Waals surface area contributed by atoms with Gasteiger partial charge in [-0.3, -0.25) is 0 Å². The van der Waals surface area contributed by atoms with Crippen LogP contribution in [0.2, 0.25) is 0 Å². The Kier molecular flexibility index (Phi) is 5.88. The Labute approximate surface area is 81.9 Å². The second-order valence-electron chi connectivity index (χ2n) is 4.31. The summed E-state index contributed by atoms with van der Waals surface area (Å²) in [5.74, 6) is 0.931. The van der Waals surface area contributed by atoms with Crippen molar-refractivity contribution in [1.82, 2.24) is 0 Å². The van der Waals surface area contributed by atoms with Crippen LogP contribution in [0, 0.1) is 5.92 Å². The molecule has 0 unspecified atom stereocenters. The molecule has 13 heavy (non-hydrogen) atoms. The number of carbonyl (C=O) groups excluding carboxylic acids is 1. The number of hydrogen-bond acceptors (Lipinski definition) is 1. The van der Waals surface area contributed by atoms with Crippen LogP contribution in [0.5, 0.6) is 0 Å². The van der Waals surface area contributed by atoms with Gasteiger partial charge < -0.3 is 4.79 Å². The minimum Gasteiger partial charge on any atom is -0.303 e. The van der Waals surface area contributed by atoms with E-state index in [-0.39, 0.29) is 0 Å². The normalized spacial score (nSPS) is 20.6. The number of unbranched alkanes of at least 4 members (excludes halogenated alkanes) is 1. The molecule has 1 rings (SSSR count). The van der Waals surface area contributed by atoms with Crippen molar-refractivity contribution in [2.75, 3.05) is 0 Å². The molecule has 1 nitrogen and oxygen atoms in total. The Morgan fingerprint density at radius 2 is 1.62 bits per heavy atom. The van der Waals surface area contributed by atoms with Crippen LogP contribution in [0.15, 0.2) is 0 Å². The van der Waals surface area contributed by atoms with Crippen LogP contribution in [-0.2, 0) is 4.79 Å². The summed E-state index contributed by atoms with van der Waals surface area (Å²) in [6, 6.07) is 0. The van der Waals surface area contributed by atoms with Gasteiger partial charge in [0, 0.05) is 6.42 Å². The third kappa shape index (κ3) is 5.07. The van der Waals surface area contributed by atoms with E-state index in [2.05, 4.69) is 0 Å². The maximum atomic E-state index is 10.2. The van der Waals surface area contributed by atoms with Gasteiger partial charge in [0.25, 0.3) is 0 Å². The number of hydrogen-bond donors (Lipinski definition) is 0. The number of carbonyl (C=O) groups is 1. The summed E-state index contributed by atoms with van der Waals surface area (Å²) in [6.07, 6.45) is 14.2. The third-order valence-corrected chi connectivity index (χ3v) is 3.16. The van der Waals surface area contributed by atoms with Crippen LogP contribution in [-0.4, -0.2) is 6.29 Å². The molecule has 0 saturated heterocycles.